The lowest BCUT2D eigenvalue weighted by Crippen LogP contribution is -2.45. The van der Waals surface area contributed by atoms with Crippen molar-refractivity contribution in [1.29, 1.82) is 0 Å². The number of nitrogens with zero attached hydrogens (tertiary/aromatic N) is 4. The average molecular weight is 260 g/mol. The number of anilines is 1. The van der Waals surface area contributed by atoms with E-state index in [2.05, 4.69) is 45.9 Å². The Morgan fingerprint density at radius 1 is 1.11 bits per heavy atom. The molecule has 0 bridgehead atoms. The van der Waals surface area contributed by atoms with E-state index in [9.17, 15) is 0 Å². The molecule has 0 unspecified atom stereocenters. The molecule has 3 rings (SSSR count). The molecule has 2 aliphatic heterocycles. The first-order valence-electron chi connectivity index (χ1n) is 7.34. The number of hydrogen-bond donors (Lipinski definition) is 0. The minimum absolute atomic E-state index is 0.559. The zero-order valence-corrected chi connectivity index (χ0v) is 12.0. The minimum Gasteiger partial charge on any atom is -0.354 e. The number of likely N-dealkylation sites (tertiary alicyclic amines) is 1. The van der Waals surface area contributed by atoms with Crippen molar-refractivity contribution >= 4 is 5.82 Å². The van der Waals surface area contributed by atoms with Crippen molar-refractivity contribution in [2.75, 3.05) is 51.7 Å². The molecule has 0 N–H and O–H groups in total. The SMILES string of the molecule is CN1CCN(c2ncccc2[C@H]2CCCN2C)CC1. The molecule has 1 aromatic heterocycles. The summed E-state index contributed by atoms with van der Waals surface area (Å²) in [5, 5.41) is 0. The summed E-state index contributed by atoms with van der Waals surface area (Å²) in [6, 6.07) is 4.91. The number of pyridine rings is 1. The highest BCUT2D eigenvalue weighted by molar-refractivity contribution is 5.49. The zero-order valence-electron chi connectivity index (χ0n) is 12.0. The van der Waals surface area contributed by atoms with Gasteiger partial charge in [0.2, 0.25) is 0 Å². The molecule has 2 fully saturated rings. The summed E-state index contributed by atoms with van der Waals surface area (Å²) in [6.45, 7) is 5.67. The molecular formula is C15H24N4. The smallest absolute Gasteiger partial charge is 0.133 e. The molecule has 104 valence electrons. The molecule has 4 nitrogen and oxygen atoms in total. The molecular weight excluding hydrogens is 236 g/mol. The van der Waals surface area contributed by atoms with Gasteiger partial charge in [-0.15, -0.1) is 0 Å². The van der Waals surface area contributed by atoms with E-state index in [0.29, 0.717) is 6.04 Å². The fraction of sp³-hybridized carbons (Fsp3) is 0.667. The van der Waals surface area contributed by atoms with Crippen LogP contribution in [0.25, 0.3) is 0 Å². The van der Waals surface area contributed by atoms with Crippen LogP contribution in [0.15, 0.2) is 18.3 Å². The number of rotatable bonds is 2. The summed E-state index contributed by atoms with van der Waals surface area (Å²) in [5.74, 6) is 1.22. The molecule has 19 heavy (non-hydrogen) atoms. The molecule has 0 aromatic carbocycles. The first-order chi connectivity index (χ1) is 9.25. The summed E-state index contributed by atoms with van der Waals surface area (Å²) in [4.78, 5) is 12.0. The van der Waals surface area contributed by atoms with Crippen molar-refractivity contribution < 1.29 is 0 Å². The summed E-state index contributed by atoms with van der Waals surface area (Å²) < 4.78 is 0. The largest absolute Gasteiger partial charge is 0.354 e. The molecule has 0 saturated carbocycles. The quantitative estimate of drug-likeness (QED) is 0.805. The standard InChI is InChI=1S/C15H24N4/c1-17-9-11-19(12-10-17)15-13(5-3-7-16-15)14-6-4-8-18(14)2/h3,5,7,14H,4,6,8-12H2,1-2H3/t14-/m1/s1. The van der Waals surface area contributed by atoms with E-state index in [1.165, 1.54) is 30.8 Å². The van der Waals surface area contributed by atoms with Crippen molar-refractivity contribution in [3.05, 3.63) is 23.9 Å². The van der Waals surface area contributed by atoms with Gasteiger partial charge in [-0.1, -0.05) is 6.07 Å². The van der Waals surface area contributed by atoms with Crippen LogP contribution in [-0.2, 0) is 0 Å². The highest BCUT2D eigenvalue weighted by Gasteiger charge is 2.27. The van der Waals surface area contributed by atoms with Crippen LogP contribution < -0.4 is 4.90 Å². The second-order valence-electron chi connectivity index (χ2n) is 5.85. The molecule has 4 heteroatoms. The highest BCUT2D eigenvalue weighted by atomic mass is 15.3. The molecule has 1 atom stereocenters. The number of aromatic nitrogens is 1. The van der Waals surface area contributed by atoms with Gasteiger partial charge in [0.25, 0.3) is 0 Å². The average Bonchev–Trinajstić information content (AvgIpc) is 2.86. The van der Waals surface area contributed by atoms with Gasteiger partial charge in [-0.2, -0.15) is 0 Å². The first kappa shape index (κ1) is 12.9. The van der Waals surface area contributed by atoms with Crippen molar-refractivity contribution in [1.82, 2.24) is 14.8 Å². The lowest BCUT2D eigenvalue weighted by Gasteiger charge is -2.35. The maximum Gasteiger partial charge on any atom is 0.133 e. The third-order valence-corrected chi connectivity index (χ3v) is 4.50. The zero-order chi connectivity index (χ0) is 13.2. The van der Waals surface area contributed by atoms with E-state index in [4.69, 9.17) is 0 Å². The molecule has 3 heterocycles. The molecule has 0 aliphatic carbocycles. The van der Waals surface area contributed by atoms with E-state index in [0.717, 1.165) is 26.2 Å². The Balaban J connectivity index is 1.85. The second-order valence-corrected chi connectivity index (χ2v) is 5.85. The molecule has 1 aromatic rings. The third-order valence-electron chi connectivity index (χ3n) is 4.50. The van der Waals surface area contributed by atoms with Gasteiger partial charge in [0.05, 0.1) is 0 Å². The first-order valence-corrected chi connectivity index (χ1v) is 7.34. The maximum atomic E-state index is 4.69. The number of piperazine rings is 1. The monoisotopic (exact) mass is 260 g/mol. The van der Waals surface area contributed by atoms with Gasteiger partial charge in [0.15, 0.2) is 0 Å². The van der Waals surface area contributed by atoms with E-state index in [1.54, 1.807) is 0 Å². The Kier molecular flexibility index (Phi) is 3.71. The van der Waals surface area contributed by atoms with Crippen molar-refractivity contribution in [3.8, 4) is 0 Å². The number of hydrogen-bond acceptors (Lipinski definition) is 4. The third kappa shape index (κ3) is 2.60. The summed E-state index contributed by atoms with van der Waals surface area (Å²) in [6.07, 6.45) is 4.51. The Bertz CT molecular complexity index is 426. The van der Waals surface area contributed by atoms with Gasteiger partial charge in [-0.25, -0.2) is 4.98 Å². The predicted molar refractivity (Wildman–Crippen MR) is 78.6 cm³/mol. The molecule has 2 aliphatic rings. The lowest BCUT2D eigenvalue weighted by atomic mass is 10.0. The minimum atomic E-state index is 0.559. The van der Waals surface area contributed by atoms with Crippen molar-refractivity contribution in [2.45, 2.75) is 18.9 Å². The van der Waals surface area contributed by atoms with Gasteiger partial charge >= 0.3 is 0 Å². The summed E-state index contributed by atoms with van der Waals surface area (Å²) in [7, 11) is 4.43. The fourth-order valence-corrected chi connectivity index (χ4v) is 3.26. The van der Waals surface area contributed by atoms with Crippen LogP contribution in [0.2, 0.25) is 0 Å². The molecule has 0 spiro atoms. The topological polar surface area (TPSA) is 22.6 Å². The highest BCUT2D eigenvalue weighted by Crippen LogP contribution is 2.35. The van der Waals surface area contributed by atoms with Gasteiger partial charge in [0.1, 0.15) is 5.82 Å². The Labute approximate surface area is 116 Å². The summed E-state index contributed by atoms with van der Waals surface area (Å²) in [5.41, 5.74) is 1.42. The normalized spacial score (nSPS) is 26.0. The summed E-state index contributed by atoms with van der Waals surface area (Å²) >= 11 is 0. The van der Waals surface area contributed by atoms with Crippen LogP contribution in [0.4, 0.5) is 5.82 Å². The fourth-order valence-electron chi connectivity index (χ4n) is 3.26. The van der Waals surface area contributed by atoms with E-state index < -0.39 is 0 Å². The number of likely N-dealkylation sites (N-methyl/N-ethyl adjacent to an activating group) is 1. The Morgan fingerprint density at radius 2 is 1.89 bits per heavy atom. The predicted octanol–water partition coefficient (Wildman–Crippen LogP) is 1.60. The van der Waals surface area contributed by atoms with Gasteiger partial charge in [-0.3, -0.25) is 4.90 Å². The molecule has 0 radical (unpaired) electrons. The Hall–Kier alpha value is -1.13. The maximum absolute atomic E-state index is 4.69. The van der Waals surface area contributed by atoms with Crippen LogP contribution in [0.3, 0.4) is 0 Å². The van der Waals surface area contributed by atoms with E-state index in [-0.39, 0.29) is 0 Å². The van der Waals surface area contributed by atoms with Crippen LogP contribution in [-0.4, -0.2) is 61.6 Å². The van der Waals surface area contributed by atoms with E-state index in [1.807, 2.05) is 6.20 Å². The molecule has 0 amide bonds. The Morgan fingerprint density at radius 3 is 2.58 bits per heavy atom. The van der Waals surface area contributed by atoms with Crippen LogP contribution in [0.5, 0.6) is 0 Å². The van der Waals surface area contributed by atoms with Gasteiger partial charge in [0, 0.05) is 44.0 Å². The molecule has 2 saturated heterocycles. The van der Waals surface area contributed by atoms with Gasteiger partial charge < -0.3 is 9.80 Å². The van der Waals surface area contributed by atoms with E-state index >= 15 is 0 Å². The lowest BCUT2D eigenvalue weighted by molar-refractivity contribution is 0.305. The van der Waals surface area contributed by atoms with Crippen LogP contribution in [0.1, 0.15) is 24.4 Å². The van der Waals surface area contributed by atoms with Gasteiger partial charge in [-0.05, 0) is 39.5 Å². The van der Waals surface area contributed by atoms with Crippen LogP contribution in [0, 0.1) is 0 Å². The van der Waals surface area contributed by atoms with Crippen LogP contribution >= 0.6 is 0 Å². The second kappa shape index (κ2) is 5.47. The van der Waals surface area contributed by atoms with Crippen molar-refractivity contribution in [2.24, 2.45) is 0 Å². The van der Waals surface area contributed by atoms with Crippen molar-refractivity contribution in [3.63, 3.8) is 0 Å².